The summed E-state index contributed by atoms with van der Waals surface area (Å²) in [5.41, 5.74) is 7.69. The number of aromatic nitrogens is 3. The standard InChI is InChI=1S/C38H39Cl2N7O3/c1-47-21-23(17-42-19-25-11-14-35(49)45-25)30-20-43-32(15-33(30)47)29-8-4-6-27(37(29)40)26-5-3-7-28(36(26)39)31-12-9-22(38(46-31)50-2)16-41-18-24-10-13-34(48)44-24/h3-9,12,15,20-21,24-25,41-42H,10-11,13-14,16-19H2,1-2H3,(H,44,48)(H,45,49)/t24-,25-/m0/s1. The van der Waals surface area contributed by atoms with Crippen LogP contribution in [0.1, 0.15) is 36.8 Å². The number of methoxy groups -OCH3 is 1. The van der Waals surface area contributed by atoms with E-state index < -0.39 is 0 Å². The maximum atomic E-state index is 11.5. The molecule has 0 bridgehead atoms. The van der Waals surface area contributed by atoms with Crippen molar-refractivity contribution in [2.24, 2.45) is 7.05 Å². The highest BCUT2D eigenvalue weighted by molar-refractivity contribution is 6.39. The van der Waals surface area contributed by atoms with Gasteiger partial charge in [-0.25, -0.2) is 4.98 Å². The Morgan fingerprint density at radius 1 is 0.820 bits per heavy atom. The largest absolute Gasteiger partial charge is 0.481 e. The number of hydrogen-bond acceptors (Lipinski definition) is 7. The van der Waals surface area contributed by atoms with Gasteiger partial charge in [-0.15, -0.1) is 0 Å². The van der Waals surface area contributed by atoms with E-state index in [0.29, 0.717) is 54.1 Å². The number of carbonyl (C=O) groups excluding carboxylic acids is 2. The predicted octanol–water partition coefficient (Wildman–Crippen LogP) is 6.02. The molecule has 4 N–H and O–H groups in total. The van der Waals surface area contributed by atoms with Gasteiger partial charge in [-0.3, -0.25) is 14.6 Å². The highest BCUT2D eigenvalue weighted by Crippen LogP contribution is 2.42. The molecule has 0 unspecified atom stereocenters. The minimum Gasteiger partial charge on any atom is -0.481 e. The first-order valence-electron chi connectivity index (χ1n) is 16.8. The maximum Gasteiger partial charge on any atom is 0.220 e. The van der Waals surface area contributed by atoms with Gasteiger partial charge in [0.25, 0.3) is 0 Å². The van der Waals surface area contributed by atoms with Gasteiger partial charge < -0.3 is 30.6 Å². The van der Waals surface area contributed by atoms with Crippen LogP contribution in [-0.4, -0.2) is 58.6 Å². The van der Waals surface area contributed by atoms with Crippen LogP contribution in [0.5, 0.6) is 5.88 Å². The number of pyridine rings is 2. The molecule has 2 fully saturated rings. The molecular formula is C38H39Cl2N7O3. The van der Waals surface area contributed by atoms with Crippen molar-refractivity contribution in [1.82, 2.24) is 35.8 Å². The number of halogens is 2. The Kier molecular flexibility index (Phi) is 10.1. The molecule has 12 heteroatoms. The van der Waals surface area contributed by atoms with Crippen LogP contribution in [0.3, 0.4) is 0 Å². The molecule has 2 aliphatic heterocycles. The lowest BCUT2D eigenvalue weighted by molar-refractivity contribution is -0.120. The van der Waals surface area contributed by atoms with Crippen molar-refractivity contribution in [1.29, 1.82) is 0 Å². The van der Waals surface area contributed by atoms with Crippen LogP contribution in [0.15, 0.2) is 67.0 Å². The predicted molar refractivity (Wildman–Crippen MR) is 197 cm³/mol. The molecule has 2 aromatic carbocycles. The zero-order valence-electron chi connectivity index (χ0n) is 28.0. The first-order chi connectivity index (χ1) is 24.3. The monoisotopic (exact) mass is 711 g/mol. The lowest BCUT2D eigenvalue weighted by Gasteiger charge is -2.15. The Hall–Kier alpha value is -4.48. The zero-order chi connectivity index (χ0) is 34.8. The molecule has 7 rings (SSSR count). The second-order valence-electron chi connectivity index (χ2n) is 12.9. The molecule has 0 saturated carbocycles. The van der Waals surface area contributed by atoms with Gasteiger partial charge in [0.1, 0.15) is 0 Å². The molecule has 258 valence electrons. The van der Waals surface area contributed by atoms with E-state index in [2.05, 4.69) is 38.1 Å². The van der Waals surface area contributed by atoms with Crippen molar-refractivity contribution in [2.45, 2.75) is 50.9 Å². The van der Waals surface area contributed by atoms with E-state index in [-0.39, 0.29) is 23.9 Å². The van der Waals surface area contributed by atoms with E-state index in [1.54, 1.807) is 7.11 Å². The minimum atomic E-state index is 0.102. The third kappa shape index (κ3) is 7.07. The summed E-state index contributed by atoms with van der Waals surface area (Å²) in [5, 5.41) is 15.0. The Morgan fingerprint density at radius 2 is 1.40 bits per heavy atom. The topological polar surface area (TPSA) is 122 Å². The van der Waals surface area contributed by atoms with Crippen LogP contribution in [-0.2, 0) is 29.7 Å². The SMILES string of the molecule is COc1nc(-c2cccc(-c3cccc(-c4cc5c(cn4)c(CNC[C@@H]4CCC(=O)N4)cn5C)c3Cl)c2Cl)ccc1CNC[C@@H]1CCC(=O)N1. The summed E-state index contributed by atoms with van der Waals surface area (Å²) in [6, 6.07) is 18.1. The number of nitrogens with zero attached hydrogens (tertiary/aromatic N) is 3. The minimum absolute atomic E-state index is 0.102. The second kappa shape index (κ2) is 14.8. The van der Waals surface area contributed by atoms with Crippen molar-refractivity contribution >= 4 is 45.9 Å². The fraction of sp³-hybridized carbons (Fsp3) is 0.316. The molecule has 0 spiro atoms. The lowest BCUT2D eigenvalue weighted by atomic mass is 9.98. The van der Waals surface area contributed by atoms with E-state index in [1.165, 1.54) is 0 Å². The smallest absolute Gasteiger partial charge is 0.220 e. The van der Waals surface area contributed by atoms with Crippen LogP contribution >= 0.6 is 23.2 Å². The third-order valence-corrected chi connectivity index (χ3v) is 10.3. The van der Waals surface area contributed by atoms with Crippen molar-refractivity contribution in [2.75, 3.05) is 20.2 Å². The Labute approximate surface area is 300 Å². The summed E-state index contributed by atoms with van der Waals surface area (Å²) in [4.78, 5) is 32.7. The van der Waals surface area contributed by atoms with Gasteiger partial charge in [0.2, 0.25) is 17.7 Å². The summed E-state index contributed by atoms with van der Waals surface area (Å²) >= 11 is 14.3. The molecule has 50 heavy (non-hydrogen) atoms. The second-order valence-corrected chi connectivity index (χ2v) is 13.7. The van der Waals surface area contributed by atoms with Crippen LogP contribution in [0, 0.1) is 0 Å². The number of rotatable bonds is 12. The average Bonchev–Trinajstić information content (AvgIpc) is 3.83. The van der Waals surface area contributed by atoms with Gasteiger partial charge in [-0.05, 0) is 30.5 Å². The number of aryl methyl sites for hydroxylation is 1. The molecule has 10 nitrogen and oxygen atoms in total. The fourth-order valence-electron chi connectivity index (χ4n) is 6.87. The van der Waals surface area contributed by atoms with Crippen LogP contribution in [0.4, 0.5) is 0 Å². The molecule has 3 aromatic heterocycles. The number of ether oxygens (including phenoxy) is 1. The highest BCUT2D eigenvalue weighted by Gasteiger charge is 2.22. The van der Waals surface area contributed by atoms with Gasteiger partial charge in [-0.1, -0.05) is 65.7 Å². The summed E-state index contributed by atoms with van der Waals surface area (Å²) < 4.78 is 7.76. The first kappa shape index (κ1) is 34.0. The molecular weight excluding hydrogens is 673 g/mol. The first-order valence-corrected chi connectivity index (χ1v) is 17.6. The zero-order valence-corrected chi connectivity index (χ0v) is 29.5. The Bertz CT molecular complexity index is 2080. The van der Waals surface area contributed by atoms with Crippen molar-refractivity contribution in [3.05, 3.63) is 88.2 Å². The number of nitrogens with one attached hydrogen (secondary N) is 4. The van der Waals surface area contributed by atoms with Gasteiger partial charge >= 0.3 is 0 Å². The van der Waals surface area contributed by atoms with Gasteiger partial charge in [0, 0.05) is 104 Å². The van der Waals surface area contributed by atoms with Crippen molar-refractivity contribution < 1.29 is 14.3 Å². The summed E-state index contributed by atoms with van der Waals surface area (Å²) in [7, 11) is 3.63. The molecule has 5 heterocycles. The number of carbonyl (C=O) groups is 2. The fourth-order valence-corrected chi connectivity index (χ4v) is 7.52. The summed E-state index contributed by atoms with van der Waals surface area (Å²) in [5.74, 6) is 0.734. The number of benzene rings is 2. The van der Waals surface area contributed by atoms with Crippen LogP contribution in [0.25, 0.3) is 44.5 Å². The lowest BCUT2D eigenvalue weighted by Crippen LogP contribution is -2.35. The summed E-state index contributed by atoms with van der Waals surface area (Å²) in [6.07, 6.45) is 6.89. The van der Waals surface area contributed by atoms with Gasteiger partial charge in [0.05, 0.1) is 34.1 Å². The molecule has 0 aliphatic carbocycles. The molecule has 5 aromatic rings. The van der Waals surface area contributed by atoms with Crippen LogP contribution < -0.4 is 26.0 Å². The van der Waals surface area contributed by atoms with Crippen molar-refractivity contribution in [3.63, 3.8) is 0 Å². The Morgan fingerprint density at radius 3 is 1.98 bits per heavy atom. The van der Waals surface area contributed by atoms with E-state index >= 15 is 0 Å². The molecule has 2 amide bonds. The Balaban J connectivity index is 1.11. The summed E-state index contributed by atoms with van der Waals surface area (Å²) in [6.45, 7) is 2.65. The van der Waals surface area contributed by atoms with E-state index in [4.69, 9.17) is 37.9 Å². The van der Waals surface area contributed by atoms with E-state index in [1.807, 2.05) is 61.8 Å². The molecule has 2 aliphatic rings. The number of hydrogen-bond donors (Lipinski definition) is 4. The maximum absolute atomic E-state index is 11.5. The number of amides is 2. The molecule has 2 atom stereocenters. The normalized spacial score (nSPS) is 17.4. The molecule has 2 saturated heterocycles. The average molecular weight is 713 g/mol. The van der Waals surface area contributed by atoms with Crippen LogP contribution in [0.2, 0.25) is 10.0 Å². The van der Waals surface area contributed by atoms with Gasteiger partial charge in [0.15, 0.2) is 0 Å². The highest BCUT2D eigenvalue weighted by atomic mass is 35.5. The quantitative estimate of drug-likeness (QED) is 0.125. The number of fused-ring (bicyclic) bond motifs is 1. The third-order valence-electron chi connectivity index (χ3n) is 9.51. The van der Waals surface area contributed by atoms with E-state index in [9.17, 15) is 9.59 Å². The van der Waals surface area contributed by atoms with Crippen molar-refractivity contribution in [3.8, 4) is 39.5 Å². The molecule has 0 radical (unpaired) electrons. The van der Waals surface area contributed by atoms with E-state index in [0.717, 1.165) is 69.4 Å². The van der Waals surface area contributed by atoms with Gasteiger partial charge in [-0.2, -0.15) is 0 Å².